The maximum absolute atomic E-state index is 12.5. The normalized spacial score (nSPS) is 10.5. The monoisotopic (exact) mass is 407 g/mol. The molecule has 4 rings (SSSR count). The van der Waals surface area contributed by atoms with E-state index >= 15 is 0 Å². The lowest BCUT2D eigenvalue weighted by molar-refractivity contribution is 0.0841. The van der Waals surface area contributed by atoms with E-state index in [1.54, 1.807) is 59.3 Å². The minimum Gasteiger partial charge on any atom is -0.463 e. The first-order valence-electron chi connectivity index (χ1n) is 8.53. The van der Waals surface area contributed by atoms with Gasteiger partial charge in [-0.25, -0.2) is 4.68 Å². The minimum atomic E-state index is -0.588. The molecule has 0 fully saturated rings. The molecule has 0 aliphatic heterocycles. The van der Waals surface area contributed by atoms with Gasteiger partial charge in [0.1, 0.15) is 11.4 Å². The first kappa shape index (κ1) is 18.5. The van der Waals surface area contributed by atoms with Gasteiger partial charge in [-0.2, -0.15) is 5.10 Å². The topological polar surface area (TPSA) is 102 Å². The highest BCUT2D eigenvalue weighted by molar-refractivity contribution is 6.30. The van der Waals surface area contributed by atoms with E-state index in [9.17, 15) is 9.59 Å². The average molecular weight is 408 g/mol. The number of pyridine rings is 1. The summed E-state index contributed by atoms with van der Waals surface area (Å²) < 4.78 is 7.02. The Hall–Kier alpha value is -3.91. The third kappa shape index (κ3) is 4.02. The molecule has 0 saturated heterocycles. The minimum absolute atomic E-state index is 0.0904. The number of nitrogens with one attached hydrogen (secondary N) is 2. The Morgan fingerprint density at radius 1 is 0.931 bits per heavy atom. The van der Waals surface area contributed by atoms with Crippen molar-refractivity contribution in [1.29, 1.82) is 0 Å². The number of hydrogen-bond acceptors (Lipinski definition) is 5. The average Bonchev–Trinajstić information content (AvgIpc) is 3.43. The van der Waals surface area contributed by atoms with Crippen LogP contribution in [0.2, 0.25) is 5.02 Å². The largest absolute Gasteiger partial charge is 0.463 e. The van der Waals surface area contributed by atoms with Crippen molar-refractivity contribution < 1.29 is 14.0 Å². The molecule has 29 heavy (non-hydrogen) atoms. The van der Waals surface area contributed by atoms with Crippen LogP contribution in [-0.4, -0.2) is 26.6 Å². The van der Waals surface area contributed by atoms with Crippen molar-refractivity contribution in [2.24, 2.45) is 0 Å². The Labute approximate surface area is 170 Å². The summed E-state index contributed by atoms with van der Waals surface area (Å²) in [4.78, 5) is 28.5. The second kappa shape index (κ2) is 7.99. The second-order valence-electron chi connectivity index (χ2n) is 5.90. The van der Waals surface area contributed by atoms with Crippen LogP contribution in [0.3, 0.4) is 0 Å². The van der Waals surface area contributed by atoms with Crippen molar-refractivity contribution in [3.05, 3.63) is 89.5 Å². The summed E-state index contributed by atoms with van der Waals surface area (Å²) in [5, 5.41) is 4.93. The lowest BCUT2D eigenvalue weighted by Gasteiger charge is -2.06. The highest BCUT2D eigenvalue weighted by Gasteiger charge is 2.19. The summed E-state index contributed by atoms with van der Waals surface area (Å²) in [5.41, 5.74) is 6.18. The van der Waals surface area contributed by atoms with E-state index in [-0.39, 0.29) is 11.4 Å². The zero-order chi connectivity index (χ0) is 20.2. The second-order valence-corrected chi connectivity index (χ2v) is 6.34. The molecule has 9 heteroatoms. The van der Waals surface area contributed by atoms with Crippen LogP contribution in [0, 0.1) is 0 Å². The molecule has 0 unspecified atom stereocenters. The molecule has 2 N–H and O–H groups in total. The molecule has 0 bridgehead atoms. The third-order valence-electron chi connectivity index (χ3n) is 3.97. The van der Waals surface area contributed by atoms with Crippen LogP contribution in [0.4, 0.5) is 0 Å². The number of benzene rings is 1. The molecule has 0 radical (unpaired) electrons. The van der Waals surface area contributed by atoms with Crippen LogP contribution in [0.1, 0.15) is 21.0 Å². The molecule has 8 nitrogen and oxygen atoms in total. The van der Waals surface area contributed by atoms with E-state index in [0.29, 0.717) is 22.2 Å². The van der Waals surface area contributed by atoms with Gasteiger partial charge in [0.2, 0.25) is 0 Å². The van der Waals surface area contributed by atoms with E-state index in [4.69, 9.17) is 16.0 Å². The summed E-state index contributed by atoms with van der Waals surface area (Å²) >= 11 is 5.96. The number of carbonyl (C=O) groups is 2. The van der Waals surface area contributed by atoms with Crippen molar-refractivity contribution in [3.8, 4) is 17.1 Å². The number of carbonyl (C=O) groups excluding carboxylic acids is 2. The third-order valence-corrected chi connectivity index (χ3v) is 4.23. The van der Waals surface area contributed by atoms with Gasteiger partial charge in [0.15, 0.2) is 11.5 Å². The van der Waals surface area contributed by atoms with Crippen molar-refractivity contribution in [2.45, 2.75) is 0 Å². The fraction of sp³-hybridized carbons (Fsp3) is 0. The van der Waals surface area contributed by atoms with E-state index in [2.05, 4.69) is 20.9 Å². The molecule has 0 spiro atoms. The summed E-state index contributed by atoms with van der Waals surface area (Å²) in [6, 6.07) is 16.9. The van der Waals surface area contributed by atoms with E-state index in [0.717, 1.165) is 0 Å². The van der Waals surface area contributed by atoms with Gasteiger partial charge >= 0.3 is 0 Å². The molecule has 0 saturated carbocycles. The first-order valence-corrected chi connectivity index (χ1v) is 8.91. The Morgan fingerprint density at radius 2 is 1.69 bits per heavy atom. The van der Waals surface area contributed by atoms with Gasteiger partial charge in [0.25, 0.3) is 11.8 Å². The summed E-state index contributed by atoms with van der Waals surface area (Å²) in [6.07, 6.45) is 3.02. The predicted octanol–water partition coefficient (Wildman–Crippen LogP) is 3.26. The van der Waals surface area contributed by atoms with Gasteiger partial charge in [-0.1, -0.05) is 17.7 Å². The lowest BCUT2D eigenvalue weighted by atomic mass is 10.2. The molecular weight excluding hydrogens is 394 g/mol. The molecule has 4 aromatic rings. The van der Waals surface area contributed by atoms with Gasteiger partial charge in [-0.3, -0.25) is 25.4 Å². The highest BCUT2D eigenvalue weighted by Crippen LogP contribution is 2.25. The van der Waals surface area contributed by atoms with Crippen LogP contribution in [0.25, 0.3) is 17.1 Å². The Morgan fingerprint density at radius 3 is 2.34 bits per heavy atom. The van der Waals surface area contributed by atoms with Crippen molar-refractivity contribution in [3.63, 3.8) is 0 Å². The van der Waals surface area contributed by atoms with Gasteiger partial charge in [0, 0.05) is 17.3 Å². The molecule has 0 atom stereocenters. The number of furan rings is 1. The first-order chi connectivity index (χ1) is 14.1. The van der Waals surface area contributed by atoms with E-state index in [1.807, 2.05) is 0 Å². The van der Waals surface area contributed by atoms with Crippen molar-refractivity contribution >= 4 is 23.4 Å². The summed E-state index contributed by atoms with van der Waals surface area (Å²) in [6.45, 7) is 0. The molecular formula is C20H14ClN5O3. The summed E-state index contributed by atoms with van der Waals surface area (Å²) in [5.74, 6) is -0.596. The Bertz CT molecular complexity index is 1140. The Kier molecular flexibility index (Phi) is 5.08. The molecule has 0 aliphatic rings. The summed E-state index contributed by atoms with van der Waals surface area (Å²) in [7, 11) is 0. The number of amides is 2. The smallest absolute Gasteiger partial charge is 0.290 e. The molecule has 2 amide bonds. The number of nitrogens with zero attached hydrogens (tertiary/aromatic N) is 3. The number of hydrogen-bond donors (Lipinski definition) is 2. The van der Waals surface area contributed by atoms with Crippen molar-refractivity contribution in [2.75, 3.05) is 0 Å². The van der Waals surface area contributed by atoms with Crippen molar-refractivity contribution in [1.82, 2.24) is 25.6 Å². The van der Waals surface area contributed by atoms with Gasteiger partial charge < -0.3 is 4.42 Å². The van der Waals surface area contributed by atoms with Crippen LogP contribution in [-0.2, 0) is 0 Å². The quantitative estimate of drug-likeness (QED) is 0.505. The predicted molar refractivity (Wildman–Crippen MR) is 105 cm³/mol. The number of rotatable bonds is 4. The maximum Gasteiger partial charge on any atom is 0.290 e. The lowest BCUT2D eigenvalue weighted by Crippen LogP contribution is -2.42. The fourth-order valence-corrected chi connectivity index (χ4v) is 2.74. The van der Waals surface area contributed by atoms with Gasteiger partial charge in [-0.15, -0.1) is 0 Å². The number of aromatic nitrogens is 3. The maximum atomic E-state index is 12.5. The molecule has 0 aliphatic carbocycles. The van der Waals surface area contributed by atoms with Crippen LogP contribution < -0.4 is 10.9 Å². The van der Waals surface area contributed by atoms with Gasteiger partial charge in [0.05, 0.1) is 12.0 Å². The zero-order valence-corrected chi connectivity index (χ0v) is 15.6. The van der Waals surface area contributed by atoms with Gasteiger partial charge in [-0.05, 0) is 48.5 Å². The molecule has 3 heterocycles. The SMILES string of the molecule is O=C(NNC(=O)c1cc(-c2ccco2)n(-c2ccc(Cl)cc2)n1)c1ccccn1. The van der Waals surface area contributed by atoms with Crippen LogP contribution >= 0.6 is 11.6 Å². The molecule has 3 aromatic heterocycles. The highest BCUT2D eigenvalue weighted by atomic mass is 35.5. The van der Waals surface area contributed by atoms with E-state index < -0.39 is 11.8 Å². The van der Waals surface area contributed by atoms with Crippen LogP contribution in [0.5, 0.6) is 0 Å². The van der Waals surface area contributed by atoms with Crippen LogP contribution in [0.15, 0.2) is 77.5 Å². The number of halogens is 1. The molecule has 144 valence electrons. The Balaban J connectivity index is 1.59. The number of hydrazine groups is 1. The molecule has 1 aromatic carbocycles. The van der Waals surface area contributed by atoms with E-state index in [1.165, 1.54) is 18.5 Å². The zero-order valence-electron chi connectivity index (χ0n) is 14.9. The fourth-order valence-electron chi connectivity index (χ4n) is 2.61. The standard InChI is InChI=1S/C20H14ClN5O3/c21-13-6-8-14(9-7-13)26-17(18-5-3-11-29-18)12-16(25-26)20(28)24-23-19(27)15-4-1-2-10-22-15/h1-12H,(H,23,27)(H,24,28).